The fraction of sp³-hybridized carbons (Fsp3) is 0.300. The van der Waals surface area contributed by atoms with Gasteiger partial charge in [-0.25, -0.2) is 0 Å². The van der Waals surface area contributed by atoms with Crippen LogP contribution in [0.3, 0.4) is 0 Å². The van der Waals surface area contributed by atoms with Crippen molar-refractivity contribution >= 4 is 79.8 Å². The molecule has 0 bridgehead atoms. The van der Waals surface area contributed by atoms with E-state index in [0.29, 0.717) is 19.8 Å². The fourth-order valence-corrected chi connectivity index (χ4v) is 6.85. The number of amides is 3. The van der Waals surface area contributed by atoms with Gasteiger partial charge in [0.2, 0.25) is 5.91 Å². The van der Waals surface area contributed by atoms with E-state index in [1.165, 1.54) is 28.0 Å². The van der Waals surface area contributed by atoms with Gasteiger partial charge in [-0.1, -0.05) is 30.0 Å². The summed E-state index contributed by atoms with van der Waals surface area (Å²) >= 11 is 9.54. The van der Waals surface area contributed by atoms with Gasteiger partial charge in [-0.3, -0.25) is 19.3 Å². The Bertz CT molecular complexity index is 1060. The average molecular weight is 478 g/mol. The lowest BCUT2D eigenvalue weighted by Gasteiger charge is -2.14. The predicted molar refractivity (Wildman–Crippen MR) is 127 cm³/mol. The van der Waals surface area contributed by atoms with Crippen molar-refractivity contribution in [2.24, 2.45) is 5.73 Å². The summed E-state index contributed by atoms with van der Waals surface area (Å²) in [4.78, 5) is 41.3. The number of hydrogen-bond donors (Lipinski definition) is 2. The Balaban J connectivity index is 1.41. The smallest absolute Gasteiger partial charge is 0.266 e. The van der Waals surface area contributed by atoms with E-state index in [-0.39, 0.29) is 24.8 Å². The molecule has 1 aliphatic carbocycles. The Morgan fingerprint density at radius 1 is 1.30 bits per heavy atom. The van der Waals surface area contributed by atoms with Gasteiger partial charge in [0, 0.05) is 22.7 Å². The van der Waals surface area contributed by atoms with E-state index in [9.17, 15) is 14.4 Å². The maximum atomic E-state index is 12.7. The summed E-state index contributed by atoms with van der Waals surface area (Å²) < 4.78 is 0.444. The molecule has 1 saturated heterocycles. The first-order valence-electron chi connectivity index (χ1n) is 9.47. The first kappa shape index (κ1) is 21.2. The van der Waals surface area contributed by atoms with Crippen molar-refractivity contribution in [2.75, 3.05) is 11.9 Å². The van der Waals surface area contributed by atoms with Crippen LogP contribution in [0.25, 0.3) is 6.08 Å². The van der Waals surface area contributed by atoms with Crippen molar-refractivity contribution in [3.63, 3.8) is 0 Å². The second kappa shape index (κ2) is 9.01. The second-order valence-electron chi connectivity index (χ2n) is 6.93. The molecule has 2 aliphatic rings. The highest BCUT2D eigenvalue weighted by Crippen LogP contribution is 2.38. The first-order chi connectivity index (χ1) is 14.4. The third-order valence-corrected chi connectivity index (χ3v) is 8.33. The van der Waals surface area contributed by atoms with Crippen LogP contribution >= 0.6 is 46.7 Å². The van der Waals surface area contributed by atoms with E-state index in [2.05, 4.69) is 5.32 Å². The molecule has 1 fully saturated rings. The Hall–Kier alpha value is -2.01. The molecule has 0 saturated carbocycles. The van der Waals surface area contributed by atoms with Gasteiger partial charge in [0.1, 0.15) is 9.32 Å². The number of nitrogens with one attached hydrogen (secondary N) is 1. The van der Waals surface area contributed by atoms with Gasteiger partial charge in [-0.2, -0.15) is 0 Å². The molecule has 2 aromatic rings. The number of thiocarbonyl (C=S) groups is 1. The highest BCUT2D eigenvalue weighted by molar-refractivity contribution is 8.26. The Morgan fingerprint density at radius 2 is 2.10 bits per heavy atom. The molecule has 4 rings (SSSR count). The van der Waals surface area contributed by atoms with Gasteiger partial charge >= 0.3 is 0 Å². The number of carbonyl (C=O) groups excluding carboxylic acids is 3. The Morgan fingerprint density at radius 3 is 2.83 bits per heavy atom. The number of anilines is 1. The number of primary amides is 1. The molecule has 0 aromatic carbocycles. The summed E-state index contributed by atoms with van der Waals surface area (Å²) in [7, 11) is 0. The standard InChI is InChI=1S/C20H19N3O3S4/c21-17(25)16-12-5-1-2-6-13(12)29-18(16)22-15(24)7-8-23-19(26)14(30-20(23)27)10-11-4-3-9-28-11/h3-4,9-10H,1-2,5-8H2,(H2,21,25)(H,22,24)/b14-10+. The van der Waals surface area contributed by atoms with Gasteiger partial charge in [0.05, 0.1) is 10.5 Å². The lowest BCUT2D eigenvalue weighted by molar-refractivity contribution is -0.122. The first-order valence-corrected chi connectivity index (χ1v) is 12.4. The van der Waals surface area contributed by atoms with Crippen molar-refractivity contribution in [1.29, 1.82) is 0 Å². The zero-order valence-corrected chi connectivity index (χ0v) is 19.2. The van der Waals surface area contributed by atoms with Gasteiger partial charge in [0.25, 0.3) is 11.8 Å². The molecular weight excluding hydrogens is 459 g/mol. The van der Waals surface area contributed by atoms with Crippen molar-refractivity contribution in [3.8, 4) is 0 Å². The number of aryl methyl sites for hydroxylation is 1. The molecule has 0 unspecified atom stereocenters. The predicted octanol–water partition coefficient (Wildman–Crippen LogP) is 4.02. The Kier molecular flexibility index (Phi) is 6.37. The van der Waals surface area contributed by atoms with Gasteiger partial charge < -0.3 is 11.1 Å². The number of thioether (sulfide) groups is 1. The van der Waals surface area contributed by atoms with Crippen LogP contribution in [0.2, 0.25) is 0 Å². The molecule has 0 radical (unpaired) electrons. The molecule has 156 valence electrons. The van der Waals surface area contributed by atoms with Gasteiger partial charge in [-0.05, 0) is 48.8 Å². The maximum absolute atomic E-state index is 12.7. The van der Waals surface area contributed by atoms with E-state index < -0.39 is 5.91 Å². The summed E-state index contributed by atoms with van der Waals surface area (Å²) in [5, 5.41) is 5.29. The molecule has 6 nitrogen and oxygen atoms in total. The summed E-state index contributed by atoms with van der Waals surface area (Å²) in [5.41, 5.74) is 6.99. The van der Waals surface area contributed by atoms with E-state index in [0.717, 1.165) is 41.0 Å². The topological polar surface area (TPSA) is 92.5 Å². The number of fused-ring (bicyclic) bond motifs is 1. The summed E-state index contributed by atoms with van der Waals surface area (Å²) in [6.45, 7) is 0.190. The van der Waals surface area contributed by atoms with E-state index in [4.69, 9.17) is 18.0 Å². The average Bonchev–Trinajstić information content (AvgIpc) is 3.39. The Labute approximate surface area is 191 Å². The summed E-state index contributed by atoms with van der Waals surface area (Å²) in [6.07, 6.45) is 5.72. The minimum atomic E-state index is -0.514. The van der Waals surface area contributed by atoms with Crippen molar-refractivity contribution < 1.29 is 14.4 Å². The highest BCUT2D eigenvalue weighted by Gasteiger charge is 2.32. The maximum Gasteiger partial charge on any atom is 0.266 e. The SMILES string of the molecule is NC(=O)c1c(NC(=O)CCN2C(=O)/C(=C\c3cccs3)SC2=S)sc2c1CCCC2. The second-order valence-corrected chi connectivity index (χ2v) is 10.7. The molecule has 30 heavy (non-hydrogen) atoms. The quantitative estimate of drug-likeness (QED) is 0.484. The zero-order valence-electron chi connectivity index (χ0n) is 15.9. The normalized spacial score (nSPS) is 17.5. The van der Waals surface area contributed by atoms with Crippen LogP contribution in [-0.4, -0.2) is 33.5 Å². The highest BCUT2D eigenvalue weighted by atomic mass is 32.2. The lowest BCUT2D eigenvalue weighted by atomic mass is 9.95. The van der Waals surface area contributed by atoms with Crippen LogP contribution in [0.15, 0.2) is 22.4 Å². The van der Waals surface area contributed by atoms with Crippen LogP contribution < -0.4 is 11.1 Å². The van der Waals surface area contributed by atoms with Crippen molar-refractivity contribution in [1.82, 2.24) is 4.90 Å². The number of thiophene rings is 2. The van der Waals surface area contributed by atoms with E-state index >= 15 is 0 Å². The number of hydrogen-bond acceptors (Lipinski definition) is 7. The lowest BCUT2D eigenvalue weighted by Crippen LogP contribution is -2.31. The molecule has 3 N–H and O–H groups in total. The monoisotopic (exact) mass is 477 g/mol. The fourth-order valence-electron chi connectivity index (χ4n) is 3.51. The summed E-state index contributed by atoms with van der Waals surface area (Å²) in [5.74, 6) is -0.969. The summed E-state index contributed by atoms with van der Waals surface area (Å²) in [6, 6.07) is 3.85. The van der Waals surface area contributed by atoms with Gasteiger partial charge in [0.15, 0.2) is 0 Å². The largest absolute Gasteiger partial charge is 0.365 e. The third-order valence-electron chi connectivity index (χ3n) is 4.92. The number of carbonyl (C=O) groups is 3. The number of rotatable bonds is 6. The number of nitrogens with two attached hydrogens (primary N) is 1. The molecule has 0 atom stereocenters. The van der Waals surface area contributed by atoms with Gasteiger partial charge in [-0.15, -0.1) is 22.7 Å². The zero-order chi connectivity index (χ0) is 21.3. The minimum absolute atomic E-state index is 0.0828. The van der Waals surface area contributed by atoms with Crippen LogP contribution in [0.5, 0.6) is 0 Å². The molecule has 2 aromatic heterocycles. The van der Waals surface area contributed by atoms with Crippen molar-refractivity contribution in [2.45, 2.75) is 32.1 Å². The number of nitrogens with zero attached hydrogens (tertiary/aromatic N) is 1. The van der Waals surface area contributed by atoms with Crippen LogP contribution in [0.1, 0.15) is 44.9 Å². The van der Waals surface area contributed by atoms with Crippen molar-refractivity contribution in [3.05, 3.63) is 43.3 Å². The third kappa shape index (κ3) is 4.36. The van der Waals surface area contributed by atoms with E-state index in [1.54, 1.807) is 11.3 Å². The van der Waals surface area contributed by atoms with E-state index in [1.807, 2.05) is 23.6 Å². The molecule has 1 aliphatic heterocycles. The molecular formula is C20H19N3O3S4. The molecule has 3 amide bonds. The molecule has 10 heteroatoms. The minimum Gasteiger partial charge on any atom is -0.365 e. The molecule has 0 spiro atoms. The molecule has 3 heterocycles. The van der Waals surface area contributed by atoms with Crippen LogP contribution in [0.4, 0.5) is 5.00 Å². The van der Waals surface area contributed by atoms with Crippen LogP contribution in [0, 0.1) is 0 Å². The van der Waals surface area contributed by atoms with Crippen LogP contribution in [-0.2, 0) is 22.4 Å².